The summed E-state index contributed by atoms with van der Waals surface area (Å²) in [6.07, 6.45) is -3.23. The lowest BCUT2D eigenvalue weighted by molar-refractivity contribution is -0.136. The van der Waals surface area contributed by atoms with Crippen LogP contribution in [0, 0.1) is 11.3 Å². The Kier molecular flexibility index (Phi) is 5.05. The van der Waals surface area contributed by atoms with Crippen LogP contribution < -0.4 is 5.32 Å². The molecule has 0 saturated carbocycles. The van der Waals surface area contributed by atoms with Crippen molar-refractivity contribution in [1.82, 2.24) is 4.98 Å². The second-order valence-corrected chi connectivity index (χ2v) is 6.12. The molecule has 0 aliphatic heterocycles. The molecule has 0 saturated heterocycles. The molecule has 3 aromatic rings. The number of hydrogen-bond donors (Lipinski definition) is 1. The van der Waals surface area contributed by atoms with Crippen LogP contribution >= 0.6 is 11.3 Å². The van der Waals surface area contributed by atoms with Crippen molar-refractivity contribution in [2.24, 2.45) is 0 Å². The van der Waals surface area contributed by atoms with E-state index in [-0.39, 0.29) is 11.3 Å². The number of para-hydroxylation sites is 1. The van der Waals surface area contributed by atoms with E-state index in [1.165, 1.54) is 35.7 Å². The van der Waals surface area contributed by atoms with Crippen LogP contribution in [-0.2, 0) is 6.18 Å². The number of halogens is 3. The van der Waals surface area contributed by atoms with E-state index < -0.39 is 11.7 Å². The van der Waals surface area contributed by atoms with Crippen molar-refractivity contribution in [3.8, 4) is 17.3 Å². The van der Waals surface area contributed by atoms with E-state index in [0.717, 1.165) is 11.6 Å². The van der Waals surface area contributed by atoms with Crippen molar-refractivity contribution in [3.05, 3.63) is 76.7 Å². The fraction of sp³-hybridized carbons (Fsp3) is 0.0526. The van der Waals surface area contributed by atoms with Gasteiger partial charge in [-0.05, 0) is 12.1 Å². The zero-order valence-corrected chi connectivity index (χ0v) is 14.1. The third-order valence-corrected chi connectivity index (χ3v) is 4.40. The van der Waals surface area contributed by atoms with Crippen LogP contribution in [0.3, 0.4) is 0 Å². The summed E-state index contributed by atoms with van der Waals surface area (Å²) in [5, 5.41) is 14.2. The molecule has 2 aromatic carbocycles. The first-order chi connectivity index (χ1) is 12.5. The lowest BCUT2D eigenvalue weighted by atomic mass is 10.1. The topological polar surface area (TPSA) is 48.7 Å². The number of nitrogens with one attached hydrogen (secondary N) is 1. The number of benzene rings is 2. The molecule has 0 unspecified atom stereocenters. The second kappa shape index (κ2) is 7.42. The van der Waals surface area contributed by atoms with Gasteiger partial charge in [0.25, 0.3) is 0 Å². The number of nitriles is 1. The summed E-state index contributed by atoms with van der Waals surface area (Å²) in [7, 11) is 0. The number of rotatable bonds is 4. The van der Waals surface area contributed by atoms with Gasteiger partial charge in [-0.25, -0.2) is 4.98 Å². The Bertz CT molecular complexity index is 969. The zero-order chi connectivity index (χ0) is 18.6. The van der Waals surface area contributed by atoms with Gasteiger partial charge < -0.3 is 5.32 Å². The first-order valence-electron chi connectivity index (χ1n) is 7.53. The summed E-state index contributed by atoms with van der Waals surface area (Å²) in [6, 6.07) is 16.5. The van der Waals surface area contributed by atoms with Gasteiger partial charge in [0, 0.05) is 17.1 Å². The van der Waals surface area contributed by atoms with Crippen LogP contribution in [0.25, 0.3) is 16.8 Å². The molecule has 0 fully saturated rings. The Morgan fingerprint density at radius 1 is 1.08 bits per heavy atom. The van der Waals surface area contributed by atoms with Gasteiger partial charge in [0.15, 0.2) is 0 Å². The van der Waals surface area contributed by atoms with Gasteiger partial charge in [-0.3, -0.25) is 0 Å². The maximum atomic E-state index is 13.0. The van der Waals surface area contributed by atoms with Crippen molar-refractivity contribution >= 4 is 22.6 Å². The number of anilines is 1. The molecule has 0 aliphatic carbocycles. The number of allylic oxidation sites excluding steroid dienone is 1. The average molecular weight is 371 g/mol. The number of thiazole rings is 1. The fourth-order valence-electron chi connectivity index (χ4n) is 2.29. The Labute approximate surface area is 152 Å². The normalized spacial score (nSPS) is 11.8. The molecule has 7 heteroatoms. The van der Waals surface area contributed by atoms with Crippen LogP contribution in [-0.4, -0.2) is 4.98 Å². The summed E-state index contributed by atoms with van der Waals surface area (Å²) in [5.74, 6) is 0. The molecule has 3 nitrogen and oxygen atoms in total. The molecule has 0 bridgehead atoms. The van der Waals surface area contributed by atoms with Gasteiger partial charge in [-0.1, -0.05) is 42.5 Å². The number of hydrogen-bond acceptors (Lipinski definition) is 4. The van der Waals surface area contributed by atoms with Crippen molar-refractivity contribution in [3.63, 3.8) is 0 Å². The maximum Gasteiger partial charge on any atom is 0.418 e. The average Bonchev–Trinajstić information content (AvgIpc) is 3.12. The second-order valence-electron chi connectivity index (χ2n) is 5.26. The Morgan fingerprint density at radius 2 is 1.77 bits per heavy atom. The van der Waals surface area contributed by atoms with Crippen molar-refractivity contribution in [2.75, 3.05) is 5.32 Å². The summed E-state index contributed by atoms with van der Waals surface area (Å²) < 4.78 is 39.1. The lowest BCUT2D eigenvalue weighted by Crippen LogP contribution is -2.08. The predicted octanol–water partition coefficient (Wildman–Crippen LogP) is 5.81. The van der Waals surface area contributed by atoms with Gasteiger partial charge in [0.1, 0.15) is 16.6 Å². The highest BCUT2D eigenvalue weighted by atomic mass is 32.1. The van der Waals surface area contributed by atoms with Gasteiger partial charge in [0.05, 0.1) is 16.9 Å². The van der Waals surface area contributed by atoms with Gasteiger partial charge >= 0.3 is 6.18 Å². The van der Waals surface area contributed by atoms with Crippen LogP contribution in [0.5, 0.6) is 0 Å². The largest absolute Gasteiger partial charge is 0.418 e. The van der Waals surface area contributed by atoms with Crippen LogP contribution in [0.1, 0.15) is 10.6 Å². The molecule has 0 radical (unpaired) electrons. The number of nitrogens with zero attached hydrogens (tertiary/aromatic N) is 2. The van der Waals surface area contributed by atoms with Gasteiger partial charge in [0.2, 0.25) is 0 Å². The highest BCUT2D eigenvalue weighted by molar-refractivity contribution is 7.11. The quantitative estimate of drug-likeness (QED) is 0.589. The molecule has 0 aliphatic rings. The van der Waals surface area contributed by atoms with Crippen LogP contribution in [0.2, 0.25) is 0 Å². The molecule has 1 N–H and O–H groups in total. The van der Waals surface area contributed by atoms with E-state index in [1.54, 1.807) is 5.38 Å². The van der Waals surface area contributed by atoms with Crippen molar-refractivity contribution < 1.29 is 13.2 Å². The summed E-state index contributed by atoms with van der Waals surface area (Å²) in [4.78, 5) is 4.40. The van der Waals surface area contributed by atoms with E-state index >= 15 is 0 Å². The van der Waals surface area contributed by atoms with Crippen molar-refractivity contribution in [1.29, 1.82) is 5.26 Å². The summed E-state index contributed by atoms with van der Waals surface area (Å²) >= 11 is 1.26. The Hall–Kier alpha value is -3.11. The van der Waals surface area contributed by atoms with Gasteiger partial charge in [-0.2, -0.15) is 18.4 Å². The molecule has 3 rings (SSSR count). The molecule has 0 atom stereocenters. The fourth-order valence-corrected chi connectivity index (χ4v) is 3.08. The lowest BCUT2D eigenvalue weighted by Gasteiger charge is -2.12. The van der Waals surface area contributed by atoms with E-state index in [9.17, 15) is 18.4 Å². The van der Waals surface area contributed by atoms with E-state index in [1.807, 2.05) is 36.4 Å². The highest BCUT2D eigenvalue weighted by Gasteiger charge is 2.32. The third-order valence-electron chi connectivity index (χ3n) is 3.53. The number of aromatic nitrogens is 1. The molecular weight excluding hydrogens is 359 g/mol. The van der Waals surface area contributed by atoms with Crippen molar-refractivity contribution in [2.45, 2.75) is 6.18 Å². The summed E-state index contributed by atoms with van der Waals surface area (Å²) in [5.41, 5.74) is 0.865. The van der Waals surface area contributed by atoms with Crippen LogP contribution in [0.15, 0.2) is 66.2 Å². The maximum absolute atomic E-state index is 13.0. The van der Waals surface area contributed by atoms with E-state index in [0.29, 0.717) is 10.7 Å². The minimum Gasteiger partial charge on any atom is -0.360 e. The van der Waals surface area contributed by atoms with E-state index in [4.69, 9.17) is 0 Å². The molecule has 1 aromatic heterocycles. The smallest absolute Gasteiger partial charge is 0.360 e. The first kappa shape index (κ1) is 17.7. The molecule has 1 heterocycles. The van der Waals surface area contributed by atoms with Crippen LogP contribution in [0.4, 0.5) is 18.9 Å². The molecule has 0 spiro atoms. The molecule has 130 valence electrons. The Balaban J connectivity index is 1.87. The molecule has 26 heavy (non-hydrogen) atoms. The predicted molar refractivity (Wildman–Crippen MR) is 96.2 cm³/mol. The molecular formula is C19H12F3N3S. The van der Waals surface area contributed by atoms with Gasteiger partial charge in [-0.15, -0.1) is 11.3 Å². The standard InChI is InChI=1S/C19H12F3N3S/c20-19(21,22)15-8-4-5-9-16(15)24-11-14(10-23)18-25-17(12-26-18)13-6-2-1-3-7-13/h1-9,11-12,24H. The SMILES string of the molecule is N#CC(=CNc1ccccc1C(F)(F)F)c1nc(-c2ccccc2)cs1. The highest BCUT2D eigenvalue weighted by Crippen LogP contribution is 2.35. The molecule has 0 amide bonds. The first-order valence-corrected chi connectivity index (χ1v) is 8.41. The minimum absolute atomic E-state index is 0.118. The minimum atomic E-state index is -4.48. The zero-order valence-electron chi connectivity index (χ0n) is 13.3. The summed E-state index contributed by atoms with van der Waals surface area (Å²) in [6.45, 7) is 0. The monoisotopic (exact) mass is 371 g/mol. The Morgan fingerprint density at radius 3 is 2.46 bits per heavy atom. The third kappa shape index (κ3) is 3.92. The van der Waals surface area contributed by atoms with E-state index in [2.05, 4.69) is 10.3 Å². The number of alkyl halides is 3.